The summed E-state index contributed by atoms with van der Waals surface area (Å²) < 4.78 is 0. The molecular formula is C12H19N3O2S. The van der Waals surface area contributed by atoms with Crippen molar-refractivity contribution in [3.63, 3.8) is 0 Å². The molecule has 1 aromatic rings. The van der Waals surface area contributed by atoms with Gasteiger partial charge in [-0.05, 0) is 30.4 Å². The van der Waals surface area contributed by atoms with E-state index in [0.29, 0.717) is 11.3 Å². The van der Waals surface area contributed by atoms with Crippen molar-refractivity contribution in [1.29, 1.82) is 0 Å². The van der Waals surface area contributed by atoms with E-state index in [1.807, 2.05) is 0 Å². The number of primary amides is 1. The van der Waals surface area contributed by atoms with Crippen LogP contribution in [0.25, 0.3) is 0 Å². The third-order valence-electron chi connectivity index (χ3n) is 2.34. The summed E-state index contributed by atoms with van der Waals surface area (Å²) in [6, 6.07) is 4.98. The predicted molar refractivity (Wildman–Crippen MR) is 76.9 cm³/mol. The van der Waals surface area contributed by atoms with Crippen LogP contribution in [0.15, 0.2) is 18.2 Å². The Bertz CT molecular complexity index is 399. The molecule has 0 spiro atoms. The van der Waals surface area contributed by atoms with Crippen LogP contribution in [0.4, 0.5) is 11.4 Å². The number of hydrogen-bond acceptors (Lipinski definition) is 5. The van der Waals surface area contributed by atoms with Crippen molar-refractivity contribution in [1.82, 2.24) is 0 Å². The molecule has 0 unspecified atom stereocenters. The Morgan fingerprint density at radius 1 is 1.39 bits per heavy atom. The zero-order valence-electron chi connectivity index (χ0n) is 10.2. The number of nitrogens with one attached hydrogen (secondary N) is 1. The van der Waals surface area contributed by atoms with Gasteiger partial charge in [-0.2, -0.15) is 11.8 Å². The van der Waals surface area contributed by atoms with E-state index in [-0.39, 0.29) is 6.61 Å². The maximum absolute atomic E-state index is 10.9. The second-order valence-electron chi connectivity index (χ2n) is 3.78. The van der Waals surface area contributed by atoms with Gasteiger partial charge in [-0.1, -0.05) is 0 Å². The number of amides is 1. The molecule has 6 heteroatoms. The van der Waals surface area contributed by atoms with Crippen LogP contribution in [-0.2, 0) is 0 Å². The van der Waals surface area contributed by atoms with Crippen LogP contribution in [0, 0.1) is 0 Å². The first-order valence-corrected chi connectivity index (χ1v) is 6.92. The minimum absolute atomic E-state index is 0.238. The molecule has 0 bridgehead atoms. The Balaban J connectivity index is 2.36. The third-order valence-corrected chi connectivity index (χ3v) is 3.41. The van der Waals surface area contributed by atoms with Gasteiger partial charge in [0, 0.05) is 24.5 Å². The minimum atomic E-state index is -0.479. The summed E-state index contributed by atoms with van der Waals surface area (Å²) in [4.78, 5) is 10.9. The summed E-state index contributed by atoms with van der Waals surface area (Å²) in [7, 11) is 0. The number of benzene rings is 1. The number of thioether (sulfide) groups is 1. The van der Waals surface area contributed by atoms with Crippen molar-refractivity contribution in [3.05, 3.63) is 23.8 Å². The number of anilines is 2. The summed E-state index contributed by atoms with van der Waals surface area (Å²) in [5.74, 6) is 1.42. The predicted octanol–water partition coefficient (Wildman–Crippen LogP) is 0.895. The Morgan fingerprint density at radius 2 is 2.17 bits per heavy atom. The van der Waals surface area contributed by atoms with E-state index >= 15 is 0 Å². The van der Waals surface area contributed by atoms with Crippen LogP contribution < -0.4 is 16.8 Å². The highest BCUT2D eigenvalue weighted by molar-refractivity contribution is 7.99. The van der Waals surface area contributed by atoms with Gasteiger partial charge in [0.25, 0.3) is 0 Å². The molecule has 1 rings (SSSR count). The highest BCUT2D eigenvalue weighted by atomic mass is 32.2. The fourth-order valence-electron chi connectivity index (χ4n) is 1.40. The Morgan fingerprint density at radius 3 is 2.78 bits per heavy atom. The van der Waals surface area contributed by atoms with E-state index in [1.165, 1.54) is 0 Å². The summed E-state index contributed by atoms with van der Waals surface area (Å²) >= 11 is 1.77. The smallest absolute Gasteiger partial charge is 0.248 e. The number of carbonyl (C=O) groups is 1. The maximum atomic E-state index is 10.9. The normalized spacial score (nSPS) is 10.3. The van der Waals surface area contributed by atoms with Gasteiger partial charge in [-0.15, -0.1) is 0 Å². The van der Waals surface area contributed by atoms with Crippen molar-refractivity contribution in [2.75, 3.05) is 35.7 Å². The van der Waals surface area contributed by atoms with Crippen molar-refractivity contribution in [2.24, 2.45) is 5.73 Å². The van der Waals surface area contributed by atoms with Gasteiger partial charge < -0.3 is 21.9 Å². The summed E-state index contributed by atoms with van der Waals surface area (Å²) in [5, 5.41) is 11.8. The minimum Gasteiger partial charge on any atom is -0.397 e. The molecule has 0 aromatic heterocycles. The first-order valence-electron chi connectivity index (χ1n) is 5.77. The van der Waals surface area contributed by atoms with Gasteiger partial charge in [-0.3, -0.25) is 4.79 Å². The molecule has 0 heterocycles. The van der Waals surface area contributed by atoms with Gasteiger partial charge in [0.2, 0.25) is 5.91 Å². The fourth-order valence-corrected chi connectivity index (χ4v) is 2.19. The lowest BCUT2D eigenvalue weighted by Crippen LogP contribution is -2.12. The topological polar surface area (TPSA) is 101 Å². The van der Waals surface area contributed by atoms with Crippen LogP contribution in [0.5, 0.6) is 0 Å². The fraction of sp³-hybridized carbons (Fsp3) is 0.417. The highest BCUT2D eigenvalue weighted by Gasteiger charge is 2.04. The lowest BCUT2D eigenvalue weighted by Gasteiger charge is -2.09. The molecule has 5 nitrogen and oxygen atoms in total. The van der Waals surface area contributed by atoms with Crippen LogP contribution in [0.3, 0.4) is 0 Å². The van der Waals surface area contributed by atoms with Gasteiger partial charge in [-0.25, -0.2) is 0 Å². The van der Waals surface area contributed by atoms with Crippen molar-refractivity contribution >= 4 is 29.0 Å². The molecule has 0 atom stereocenters. The number of hydrogen-bond donors (Lipinski definition) is 4. The number of nitrogen functional groups attached to an aromatic ring is 1. The monoisotopic (exact) mass is 269 g/mol. The molecule has 18 heavy (non-hydrogen) atoms. The van der Waals surface area contributed by atoms with E-state index in [9.17, 15) is 4.79 Å². The average Bonchev–Trinajstić information content (AvgIpc) is 2.35. The summed E-state index contributed by atoms with van der Waals surface area (Å²) in [6.07, 6.45) is 0.820. The Kier molecular flexibility index (Phi) is 6.38. The summed E-state index contributed by atoms with van der Waals surface area (Å²) in [5.41, 5.74) is 12.7. The quantitative estimate of drug-likeness (QED) is 0.415. The highest BCUT2D eigenvalue weighted by Crippen LogP contribution is 2.19. The van der Waals surface area contributed by atoms with Gasteiger partial charge in [0.1, 0.15) is 0 Å². The van der Waals surface area contributed by atoms with Crippen LogP contribution in [0.1, 0.15) is 16.8 Å². The van der Waals surface area contributed by atoms with Gasteiger partial charge in [0.05, 0.1) is 11.4 Å². The van der Waals surface area contributed by atoms with Crippen LogP contribution >= 0.6 is 11.8 Å². The lowest BCUT2D eigenvalue weighted by atomic mass is 10.1. The summed E-state index contributed by atoms with van der Waals surface area (Å²) in [6.45, 7) is 1.03. The Hall–Kier alpha value is -1.40. The first kappa shape index (κ1) is 14.7. The van der Waals surface area contributed by atoms with Gasteiger partial charge >= 0.3 is 0 Å². The maximum Gasteiger partial charge on any atom is 0.248 e. The second-order valence-corrected chi connectivity index (χ2v) is 5.01. The average molecular weight is 269 g/mol. The molecule has 1 amide bonds. The molecule has 0 radical (unpaired) electrons. The SMILES string of the molecule is NC(=O)c1ccc(NCCSCCCO)c(N)c1. The lowest BCUT2D eigenvalue weighted by molar-refractivity contribution is 0.100. The zero-order valence-corrected chi connectivity index (χ0v) is 11.0. The van der Waals surface area contributed by atoms with Crippen LogP contribution in [-0.4, -0.2) is 35.7 Å². The molecule has 1 aromatic carbocycles. The molecule has 0 aliphatic carbocycles. The zero-order chi connectivity index (χ0) is 13.4. The molecule has 0 aliphatic heterocycles. The van der Waals surface area contributed by atoms with Gasteiger partial charge in [0.15, 0.2) is 0 Å². The molecular weight excluding hydrogens is 250 g/mol. The van der Waals surface area contributed by atoms with E-state index in [0.717, 1.165) is 30.2 Å². The largest absolute Gasteiger partial charge is 0.397 e. The number of carbonyl (C=O) groups excluding carboxylic acids is 1. The van der Waals surface area contributed by atoms with E-state index < -0.39 is 5.91 Å². The number of rotatable bonds is 8. The first-order chi connectivity index (χ1) is 8.65. The second kappa shape index (κ2) is 7.84. The molecule has 0 saturated carbocycles. The van der Waals surface area contributed by atoms with Crippen LogP contribution in [0.2, 0.25) is 0 Å². The molecule has 6 N–H and O–H groups in total. The standard InChI is InChI=1S/C12H19N3O2S/c13-10-8-9(12(14)17)2-3-11(10)15-4-7-18-6-1-5-16/h2-3,8,15-16H,1,4-7,13H2,(H2,14,17). The Labute approximate surface area is 111 Å². The number of nitrogens with two attached hydrogens (primary N) is 2. The number of aliphatic hydroxyl groups excluding tert-OH is 1. The van der Waals surface area contributed by atoms with Crippen molar-refractivity contribution in [3.8, 4) is 0 Å². The molecule has 100 valence electrons. The molecule has 0 saturated heterocycles. The van der Waals surface area contributed by atoms with E-state index in [4.69, 9.17) is 16.6 Å². The molecule has 0 aliphatic rings. The van der Waals surface area contributed by atoms with Crippen molar-refractivity contribution < 1.29 is 9.90 Å². The third kappa shape index (κ3) is 4.85. The van der Waals surface area contributed by atoms with E-state index in [2.05, 4.69) is 5.32 Å². The number of aliphatic hydroxyl groups is 1. The van der Waals surface area contributed by atoms with E-state index in [1.54, 1.807) is 30.0 Å². The molecule has 0 fully saturated rings. The van der Waals surface area contributed by atoms with Crippen molar-refractivity contribution in [2.45, 2.75) is 6.42 Å².